The van der Waals surface area contributed by atoms with E-state index in [1.807, 2.05) is 0 Å². The molecule has 1 heterocycles. The summed E-state index contributed by atoms with van der Waals surface area (Å²) in [5.41, 5.74) is 9.17. The molecule has 0 atom stereocenters. The van der Waals surface area contributed by atoms with E-state index < -0.39 is 16.0 Å². The number of carbonyl (C=O) groups is 2. The zero-order chi connectivity index (χ0) is 26.6. The predicted octanol–water partition coefficient (Wildman–Crippen LogP) is 3.47. The Labute approximate surface area is 215 Å². The number of aryl methyl sites for hydroxylation is 2. The van der Waals surface area contributed by atoms with Crippen LogP contribution in [0.25, 0.3) is 0 Å². The fourth-order valence-electron chi connectivity index (χ4n) is 4.40. The van der Waals surface area contributed by atoms with E-state index in [9.17, 15) is 18.0 Å². The summed E-state index contributed by atoms with van der Waals surface area (Å²) in [6, 6.07) is 18.1. The van der Waals surface area contributed by atoms with E-state index in [-0.39, 0.29) is 28.6 Å². The third kappa shape index (κ3) is 5.80. The van der Waals surface area contributed by atoms with E-state index in [1.165, 1.54) is 25.3 Å². The number of amidine groups is 1. The van der Waals surface area contributed by atoms with E-state index >= 15 is 0 Å². The molecule has 0 aromatic heterocycles. The number of esters is 1. The summed E-state index contributed by atoms with van der Waals surface area (Å²) in [5, 5.41) is 7.87. The van der Waals surface area contributed by atoms with Crippen LogP contribution in [0, 0.1) is 5.41 Å². The number of rotatable bonds is 8. The summed E-state index contributed by atoms with van der Waals surface area (Å²) in [6.07, 6.45) is 2.00. The van der Waals surface area contributed by atoms with Crippen molar-refractivity contribution in [3.8, 4) is 0 Å². The first-order chi connectivity index (χ1) is 17.7. The van der Waals surface area contributed by atoms with Crippen molar-refractivity contribution in [3.63, 3.8) is 0 Å². The van der Waals surface area contributed by atoms with Crippen molar-refractivity contribution < 1.29 is 22.7 Å². The van der Waals surface area contributed by atoms with Crippen LogP contribution in [0.2, 0.25) is 0 Å². The molecule has 0 fully saturated rings. The van der Waals surface area contributed by atoms with Crippen molar-refractivity contribution in [1.29, 1.82) is 5.41 Å². The summed E-state index contributed by atoms with van der Waals surface area (Å²) >= 11 is 0. The molecule has 0 bridgehead atoms. The second-order valence-corrected chi connectivity index (χ2v) is 10.4. The number of fused-ring (bicyclic) bond motifs is 1. The average molecular weight is 521 g/mol. The minimum atomic E-state index is -3.72. The van der Waals surface area contributed by atoms with Crippen molar-refractivity contribution in [3.05, 3.63) is 89.0 Å². The first kappa shape index (κ1) is 25.9. The molecule has 192 valence electrons. The van der Waals surface area contributed by atoms with Crippen molar-refractivity contribution in [2.75, 3.05) is 23.3 Å². The number of benzene rings is 3. The lowest BCUT2D eigenvalue weighted by Gasteiger charge is -2.30. The lowest BCUT2D eigenvalue weighted by Crippen LogP contribution is -2.35. The number of amides is 1. The largest absolute Gasteiger partial charge is 0.465 e. The Bertz CT molecular complexity index is 1450. The van der Waals surface area contributed by atoms with Crippen LogP contribution >= 0.6 is 0 Å². The van der Waals surface area contributed by atoms with Gasteiger partial charge >= 0.3 is 5.97 Å². The third-order valence-corrected chi connectivity index (χ3v) is 7.63. The Hall–Kier alpha value is -4.18. The third-order valence-electron chi connectivity index (χ3n) is 6.23. The Kier molecular flexibility index (Phi) is 7.58. The maximum atomic E-state index is 13.2. The number of hydrogen-bond donors (Lipinski definition) is 3. The van der Waals surface area contributed by atoms with Crippen molar-refractivity contribution >= 4 is 39.1 Å². The van der Waals surface area contributed by atoms with Gasteiger partial charge in [-0.3, -0.25) is 14.9 Å². The Balaban J connectivity index is 1.49. The summed E-state index contributed by atoms with van der Waals surface area (Å²) < 4.78 is 32.7. The van der Waals surface area contributed by atoms with Crippen LogP contribution in [0.4, 0.5) is 11.4 Å². The number of carbonyl (C=O) groups excluding carboxylic acids is 2. The molecule has 0 radical (unpaired) electrons. The topological polar surface area (TPSA) is 143 Å². The first-order valence-electron chi connectivity index (χ1n) is 11.8. The van der Waals surface area contributed by atoms with Crippen molar-refractivity contribution in [2.24, 2.45) is 5.73 Å². The maximum Gasteiger partial charge on any atom is 0.337 e. The molecule has 1 aliphatic heterocycles. The quantitative estimate of drug-likeness (QED) is 0.236. The second-order valence-electron chi connectivity index (χ2n) is 8.69. The van der Waals surface area contributed by atoms with E-state index in [2.05, 4.69) is 4.72 Å². The SMILES string of the molecule is COC(=O)c1ccc(CCC(=O)N2CCCc3cc(NS(=O)(=O)c4ccccc4)ccc32)c(C(=N)N)c1. The lowest BCUT2D eigenvalue weighted by atomic mass is 9.97. The van der Waals surface area contributed by atoms with Crippen molar-refractivity contribution in [2.45, 2.75) is 30.6 Å². The van der Waals surface area contributed by atoms with Gasteiger partial charge in [-0.15, -0.1) is 0 Å². The minimum absolute atomic E-state index is 0.0925. The van der Waals surface area contributed by atoms with Gasteiger partial charge in [-0.25, -0.2) is 13.2 Å². The summed E-state index contributed by atoms with van der Waals surface area (Å²) in [5.74, 6) is -0.812. The molecular formula is C27H28N4O5S. The van der Waals surface area contributed by atoms with Crippen LogP contribution in [-0.4, -0.2) is 39.8 Å². The molecule has 10 heteroatoms. The molecule has 0 aliphatic carbocycles. The van der Waals surface area contributed by atoms with Crippen LogP contribution in [0.3, 0.4) is 0 Å². The standard InChI is InChI=1S/C27H28N4O5S/c1-36-27(33)20-10-9-18(23(17-20)26(28)29)11-14-25(32)31-15-5-6-19-16-21(12-13-24(19)31)30-37(34,35)22-7-3-2-4-8-22/h2-4,7-10,12-13,16-17,30H,5-6,11,14-15H2,1H3,(H3,28,29). The number of nitrogens with two attached hydrogens (primary N) is 1. The zero-order valence-electron chi connectivity index (χ0n) is 20.4. The molecule has 1 amide bonds. The average Bonchev–Trinajstić information content (AvgIpc) is 2.90. The smallest absolute Gasteiger partial charge is 0.337 e. The van der Waals surface area contributed by atoms with E-state index in [0.717, 1.165) is 24.1 Å². The normalized spacial score (nSPS) is 12.9. The van der Waals surface area contributed by atoms with Crippen LogP contribution < -0.4 is 15.4 Å². The van der Waals surface area contributed by atoms with Crippen molar-refractivity contribution in [1.82, 2.24) is 0 Å². The molecule has 3 aromatic carbocycles. The molecule has 0 unspecified atom stereocenters. The highest BCUT2D eigenvalue weighted by molar-refractivity contribution is 7.92. The monoisotopic (exact) mass is 520 g/mol. The molecular weight excluding hydrogens is 492 g/mol. The molecule has 0 saturated carbocycles. The van der Waals surface area contributed by atoms with Gasteiger partial charge in [0.2, 0.25) is 5.91 Å². The number of nitrogens with zero attached hydrogens (tertiary/aromatic N) is 1. The molecule has 4 rings (SSSR count). The number of hydrogen-bond acceptors (Lipinski definition) is 6. The minimum Gasteiger partial charge on any atom is -0.465 e. The summed E-state index contributed by atoms with van der Waals surface area (Å²) in [7, 11) is -2.44. The van der Waals surface area contributed by atoms with Crippen LogP contribution in [0.1, 0.15) is 39.9 Å². The van der Waals surface area contributed by atoms with Gasteiger partial charge < -0.3 is 15.4 Å². The molecule has 0 spiro atoms. The number of methoxy groups -OCH3 is 1. The predicted molar refractivity (Wildman–Crippen MR) is 141 cm³/mol. The van der Waals surface area contributed by atoms with Gasteiger partial charge in [0.15, 0.2) is 0 Å². The Morgan fingerprint density at radius 2 is 1.84 bits per heavy atom. The first-order valence-corrected chi connectivity index (χ1v) is 13.2. The molecule has 3 aromatic rings. The van der Waals surface area contributed by atoms with E-state index in [4.69, 9.17) is 15.9 Å². The maximum absolute atomic E-state index is 13.2. The number of sulfonamides is 1. The van der Waals surface area contributed by atoms with Gasteiger partial charge in [-0.1, -0.05) is 24.3 Å². The zero-order valence-corrected chi connectivity index (χ0v) is 21.2. The van der Waals surface area contributed by atoms with Gasteiger partial charge in [0.25, 0.3) is 10.0 Å². The van der Waals surface area contributed by atoms with Gasteiger partial charge in [0, 0.05) is 29.9 Å². The Morgan fingerprint density at radius 1 is 1.08 bits per heavy atom. The molecule has 4 N–H and O–H groups in total. The number of anilines is 2. The van der Waals surface area contributed by atoms with Crippen LogP contribution in [0.15, 0.2) is 71.6 Å². The molecule has 0 saturated heterocycles. The fraction of sp³-hybridized carbons (Fsp3) is 0.222. The van der Waals surface area contributed by atoms with E-state index in [0.29, 0.717) is 29.8 Å². The van der Waals surface area contributed by atoms with Gasteiger partial charge in [0.1, 0.15) is 5.84 Å². The summed E-state index contributed by atoms with van der Waals surface area (Å²) in [4.78, 5) is 26.9. The number of nitrogen functional groups attached to an aromatic ring is 1. The number of ether oxygens (including phenoxy) is 1. The van der Waals surface area contributed by atoms with Gasteiger partial charge in [0.05, 0.1) is 17.6 Å². The highest BCUT2D eigenvalue weighted by Crippen LogP contribution is 2.31. The van der Waals surface area contributed by atoms with E-state index in [1.54, 1.807) is 53.4 Å². The van der Waals surface area contributed by atoms with Crippen LogP contribution in [0.5, 0.6) is 0 Å². The molecule has 1 aliphatic rings. The number of nitrogens with one attached hydrogen (secondary N) is 2. The highest BCUT2D eigenvalue weighted by Gasteiger charge is 2.24. The van der Waals surface area contributed by atoms with Crippen LogP contribution in [-0.2, 0) is 32.4 Å². The lowest BCUT2D eigenvalue weighted by molar-refractivity contribution is -0.118. The van der Waals surface area contributed by atoms with Gasteiger partial charge in [-0.2, -0.15) is 0 Å². The highest BCUT2D eigenvalue weighted by atomic mass is 32.2. The Morgan fingerprint density at radius 3 is 2.54 bits per heavy atom. The van der Waals surface area contributed by atoms with Gasteiger partial charge in [-0.05, 0) is 72.9 Å². The fourth-order valence-corrected chi connectivity index (χ4v) is 5.47. The summed E-state index contributed by atoms with van der Waals surface area (Å²) in [6.45, 7) is 0.557. The molecule has 37 heavy (non-hydrogen) atoms. The molecule has 9 nitrogen and oxygen atoms in total. The second kappa shape index (κ2) is 10.8.